The fourth-order valence-corrected chi connectivity index (χ4v) is 22.9. The summed E-state index contributed by atoms with van der Waals surface area (Å²) in [7, 11) is 15.0. The fraction of sp³-hybridized carbons (Fsp3) is 0.409. The molecule has 0 spiro atoms. The Hall–Kier alpha value is -0.410. The number of amides is 1. The summed E-state index contributed by atoms with van der Waals surface area (Å²) in [6.45, 7) is 4.40. The maximum atomic E-state index is 13.2. The topological polar surface area (TPSA) is 29.1 Å². The van der Waals surface area contributed by atoms with Gasteiger partial charge in [-0.1, -0.05) is 0 Å². The third-order valence-electron chi connectivity index (χ3n) is 6.69. The zero-order valence-corrected chi connectivity index (χ0v) is 21.7. The zero-order valence-electron chi connectivity index (χ0n) is 16.6. The second-order valence-electron chi connectivity index (χ2n) is 8.73. The Kier molecular flexibility index (Phi) is 5.72. The van der Waals surface area contributed by atoms with Crippen LogP contribution in [0.5, 0.6) is 0 Å². The van der Waals surface area contributed by atoms with Crippen molar-refractivity contribution >= 4 is 32.1 Å². The molecule has 2 nitrogen and oxygen atoms in total. The first kappa shape index (κ1) is 20.8. The third kappa shape index (κ3) is 3.49. The molecule has 1 N–H and O–H groups in total. The van der Waals surface area contributed by atoms with Crippen molar-refractivity contribution < 1.29 is 20.6 Å². The fourth-order valence-electron chi connectivity index (χ4n) is 4.80. The molecule has 0 bridgehead atoms. The van der Waals surface area contributed by atoms with E-state index in [0.29, 0.717) is 0 Å². The first-order chi connectivity index (χ1) is 13.3. The molecule has 0 aliphatic heterocycles. The zero-order chi connectivity index (χ0) is 20.0. The van der Waals surface area contributed by atoms with E-state index in [1.165, 1.54) is 28.7 Å². The third-order valence-corrected chi connectivity index (χ3v) is 50.7. The SMILES string of the molecule is C[SiH](C)[Zr]([Cl])([Cl])([NH]C(=O)C1CCCCC1)[c]1cccc2c1Cc1ccccc1-2. The van der Waals surface area contributed by atoms with E-state index >= 15 is 0 Å². The molecule has 1 fully saturated rings. The van der Waals surface area contributed by atoms with Crippen LogP contribution in [0.2, 0.25) is 13.1 Å². The number of benzene rings is 2. The van der Waals surface area contributed by atoms with Crippen molar-refractivity contribution in [1.82, 2.24) is 3.26 Å². The predicted octanol–water partition coefficient (Wildman–Crippen LogP) is 5.48. The van der Waals surface area contributed by atoms with Crippen LogP contribution in [0.25, 0.3) is 11.1 Å². The van der Waals surface area contributed by atoms with Crippen LogP contribution in [0.1, 0.15) is 43.2 Å². The van der Waals surface area contributed by atoms with Gasteiger partial charge in [-0.15, -0.1) is 0 Å². The molecule has 0 saturated heterocycles. The molecule has 0 unspecified atom stereocenters. The van der Waals surface area contributed by atoms with Crippen LogP contribution >= 0.6 is 17.0 Å². The average molecular weight is 513 g/mol. The molecule has 2 aromatic carbocycles. The summed E-state index contributed by atoms with van der Waals surface area (Å²) in [4.78, 5) is 13.2. The van der Waals surface area contributed by atoms with Gasteiger partial charge in [-0.2, -0.15) is 0 Å². The van der Waals surface area contributed by atoms with Crippen molar-refractivity contribution in [3.05, 3.63) is 53.6 Å². The van der Waals surface area contributed by atoms with Gasteiger partial charge in [-0.05, 0) is 0 Å². The predicted molar refractivity (Wildman–Crippen MR) is 120 cm³/mol. The Morgan fingerprint density at radius 3 is 2.39 bits per heavy atom. The summed E-state index contributed by atoms with van der Waals surface area (Å²) in [5.41, 5.74) is 5.06. The minimum atomic E-state index is -4.67. The molecule has 2 aromatic rings. The van der Waals surface area contributed by atoms with Crippen molar-refractivity contribution in [1.29, 1.82) is 0 Å². The molecule has 0 radical (unpaired) electrons. The van der Waals surface area contributed by atoms with Gasteiger partial charge in [-0.25, -0.2) is 0 Å². The van der Waals surface area contributed by atoms with Crippen LogP contribution in [0.15, 0.2) is 42.5 Å². The van der Waals surface area contributed by atoms with E-state index in [9.17, 15) is 4.79 Å². The Labute approximate surface area is 177 Å². The van der Waals surface area contributed by atoms with E-state index in [2.05, 4.69) is 58.8 Å². The van der Waals surface area contributed by atoms with Crippen molar-refractivity contribution in [2.45, 2.75) is 51.6 Å². The number of carbonyl (C=O) groups excluding carboxylic acids is 1. The van der Waals surface area contributed by atoms with E-state index in [1.54, 1.807) is 0 Å². The number of halogens is 2. The van der Waals surface area contributed by atoms with E-state index < -0.39 is 21.8 Å². The van der Waals surface area contributed by atoms with Crippen molar-refractivity contribution in [3.8, 4) is 11.1 Å². The number of hydrogen-bond acceptors (Lipinski definition) is 1. The van der Waals surface area contributed by atoms with Gasteiger partial charge in [0.25, 0.3) is 0 Å². The number of hydrogen-bond donors (Lipinski definition) is 1. The van der Waals surface area contributed by atoms with Crippen LogP contribution < -0.4 is 6.53 Å². The molecule has 28 heavy (non-hydrogen) atoms. The number of fused-ring (bicyclic) bond motifs is 3. The molecule has 1 saturated carbocycles. The van der Waals surface area contributed by atoms with Crippen molar-refractivity contribution in [3.63, 3.8) is 0 Å². The van der Waals surface area contributed by atoms with Crippen LogP contribution in [-0.4, -0.2) is 11.8 Å². The molecule has 6 heteroatoms. The average Bonchev–Trinajstić information content (AvgIpc) is 3.07. The Morgan fingerprint density at radius 1 is 1.00 bits per heavy atom. The summed E-state index contributed by atoms with van der Waals surface area (Å²) >= 11 is -4.67. The second-order valence-corrected chi connectivity index (χ2v) is 48.4. The first-order valence-electron chi connectivity index (χ1n) is 10.4. The van der Waals surface area contributed by atoms with Crippen LogP contribution in [0.4, 0.5) is 0 Å². The van der Waals surface area contributed by atoms with Crippen LogP contribution in [0, 0.1) is 5.92 Å². The van der Waals surface area contributed by atoms with E-state index in [4.69, 9.17) is 17.0 Å². The summed E-state index contributed by atoms with van der Waals surface area (Å²) in [5.74, 6) is -1.40. The minimum absolute atomic E-state index is 0.0702. The van der Waals surface area contributed by atoms with Gasteiger partial charge in [0.1, 0.15) is 0 Å². The van der Waals surface area contributed by atoms with Crippen molar-refractivity contribution in [2.75, 3.05) is 0 Å². The summed E-state index contributed by atoms with van der Waals surface area (Å²) < 4.78 is 4.45. The van der Waals surface area contributed by atoms with Crippen LogP contribution in [-0.2, 0) is 27.1 Å². The van der Waals surface area contributed by atoms with Crippen molar-refractivity contribution in [2.24, 2.45) is 5.92 Å². The number of rotatable bonds is 4. The molecule has 0 atom stereocenters. The van der Waals surface area contributed by atoms with E-state index in [-0.39, 0.29) is 11.8 Å². The molecule has 149 valence electrons. The van der Waals surface area contributed by atoms with Gasteiger partial charge in [0.05, 0.1) is 0 Å². The molecule has 4 rings (SSSR count). The van der Waals surface area contributed by atoms with Gasteiger partial charge in [-0.3, -0.25) is 0 Å². The molecule has 0 aromatic heterocycles. The Balaban J connectivity index is 1.77. The van der Waals surface area contributed by atoms with Gasteiger partial charge in [0.15, 0.2) is 0 Å². The molecule has 1 amide bonds. The Morgan fingerprint density at radius 2 is 1.68 bits per heavy atom. The molecular formula is C22H28Cl2NOSiZr. The monoisotopic (exact) mass is 510 g/mol. The normalized spacial score (nSPS) is 18.2. The summed E-state index contributed by atoms with van der Waals surface area (Å²) in [5, 5.41) is 0. The van der Waals surface area contributed by atoms with Crippen LogP contribution in [0.3, 0.4) is 0 Å². The van der Waals surface area contributed by atoms with Gasteiger partial charge < -0.3 is 0 Å². The van der Waals surface area contributed by atoms with Gasteiger partial charge >= 0.3 is 178 Å². The standard InChI is InChI=1S/C13H9.C7H13NO.C2H7Si.2ClH.Zr/c1-3-7-12-10(5-1)9-11-6-2-4-8-13(11)12;8-7(9)6-4-2-1-3-5-6;1-3-2;;;/h1-5,7-8H,9H2;6H,1-5H2,(H2,8,9);3H,1-2H3;2*1H;/q;;;;;+3/p-3. The summed E-state index contributed by atoms with van der Waals surface area (Å²) in [6.07, 6.45) is 6.26. The molecule has 2 aliphatic carbocycles. The van der Waals surface area contributed by atoms with E-state index in [1.807, 2.05) is 0 Å². The number of carbonyl (C=O) groups is 1. The molecule has 0 heterocycles. The molecule has 2 aliphatic rings. The van der Waals surface area contributed by atoms with Gasteiger partial charge in [0.2, 0.25) is 0 Å². The quantitative estimate of drug-likeness (QED) is 0.461. The van der Waals surface area contributed by atoms with Gasteiger partial charge in [0, 0.05) is 0 Å². The first-order valence-corrected chi connectivity index (χ1v) is 26.3. The van der Waals surface area contributed by atoms with E-state index in [0.717, 1.165) is 35.4 Å². The molecular weight excluding hydrogens is 484 g/mol. The Bertz CT molecular complexity index is 925. The maximum absolute atomic E-state index is 13.2. The second kappa shape index (κ2) is 7.69. The summed E-state index contributed by atoms with van der Waals surface area (Å²) in [6, 6.07) is 14.8. The number of nitrogens with one attached hydrogen (secondary N) is 1.